The van der Waals surface area contributed by atoms with Crippen molar-refractivity contribution in [1.82, 2.24) is 5.32 Å². The molecule has 0 amide bonds. The summed E-state index contributed by atoms with van der Waals surface area (Å²) in [5.74, 6) is 0.793. The molecule has 1 aromatic heterocycles. The first-order valence-electron chi connectivity index (χ1n) is 6.97. The van der Waals surface area contributed by atoms with Gasteiger partial charge in [-0.2, -0.15) is 0 Å². The largest absolute Gasteiger partial charge is 0.314 e. The molecule has 0 saturated heterocycles. The zero-order valence-electron chi connectivity index (χ0n) is 11.5. The smallest absolute Gasteiger partial charge is 0.0136 e. The van der Waals surface area contributed by atoms with Gasteiger partial charge in [-0.3, -0.25) is 0 Å². The lowest BCUT2D eigenvalue weighted by Gasteiger charge is -2.56. The lowest BCUT2D eigenvalue weighted by atomic mass is 9.53. The molecular formula is C15H25NS. The summed E-state index contributed by atoms with van der Waals surface area (Å²) in [6, 6.07) is 3.01. The van der Waals surface area contributed by atoms with Gasteiger partial charge in [0.05, 0.1) is 0 Å². The lowest BCUT2D eigenvalue weighted by molar-refractivity contribution is 0.0226. The minimum Gasteiger partial charge on any atom is -0.314 e. The Morgan fingerprint density at radius 2 is 2.06 bits per heavy atom. The molecule has 2 atom stereocenters. The van der Waals surface area contributed by atoms with Crippen molar-refractivity contribution in [2.45, 2.75) is 58.9 Å². The number of aryl methyl sites for hydroxylation is 1. The SMILES string of the molecule is CCNC1CC(c2sccc2C)C1(CC)CC. The van der Waals surface area contributed by atoms with Gasteiger partial charge in [-0.25, -0.2) is 0 Å². The van der Waals surface area contributed by atoms with Gasteiger partial charge in [-0.1, -0.05) is 20.8 Å². The van der Waals surface area contributed by atoms with Gasteiger partial charge in [-0.05, 0) is 55.2 Å². The molecule has 1 saturated carbocycles. The fraction of sp³-hybridized carbons (Fsp3) is 0.733. The van der Waals surface area contributed by atoms with E-state index in [2.05, 4.69) is 44.5 Å². The van der Waals surface area contributed by atoms with Crippen LogP contribution in [-0.4, -0.2) is 12.6 Å². The average molecular weight is 251 g/mol. The molecule has 1 aliphatic rings. The molecule has 2 heteroatoms. The lowest BCUT2D eigenvalue weighted by Crippen LogP contribution is -2.58. The van der Waals surface area contributed by atoms with Crippen LogP contribution in [0.15, 0.2) is 11.4 Å². The topological polar surface area (TPSA) is 12.0 Å². The van der Waals surface area contributed by atoms with Crippen molar-refractivity contribution >= 4 is 11.3 Å². The third-order valence-corrected chi connectivity index (χ3v) is 5.98. The second-order valence-electron chi connectivity index (χ2n) is 5.31. The van der Waals surface area contributed by atoms with E-state index in [9.17, 15) is 0 Å². The first-order chi connectivity index (χ1) is 8.19. The normalized spacial score (nSPS) is 26.8. The molecule has 0 bridgehead atoms. The molecule has 96 valence electrons. The van der Waals surface area contributed by atoms with E-state index in [0.717, 1.165) is 18.5 Å². The second-order valence-corrected chi connectivity index (χ2v) is 6.25. The summed E-state index contributed by atoms with van der Waals surface area (Å²) in [6.07, 6.45) is 3.92. The summed E-state index contributed by atoms with van der Waals surface area (Å²) in [4.78, 5) is 1.64. The van der Waals surface area contributed by atoms with E-state index in [0.29, 0.717) is 5.41 Å². The van der Waals surface area contributed by atoms with E-state index in [1.807, 2.05) is 11.3 Å². The zero-order chi connectivity index (χ0) is 12.5. The maximum Gasteiger partial charge on any atom is 0.0136 e. The summed E-state index contributed by atoms with van der Waals surface area (Å²) in [5, 5.41) is 5.94. The number of hydrogen-bond donors (Lipinski definition) is 1. The Hall–Kier alpha value is -0.340. The third-order valence-electron chi connectivity index (χ3n) is 4.84. The van der Waals surface area contributed by atoms with E-state index in [1.54, 1.807) is 4.88 Å². The van der Waals surface area contributed by atoms with Crippen LogP contribution in [0.5, 0.6) is 0 Å². The molecule has 1 heterocycles. The Kier molecular flexibility index (Phi) is 3.94. The Morgan fingerprint density at radius 3 is 2.53 bits per heavy atom. The maximum atomic E-state index is 3.69. The monoisotopic (exact) mass is 251 g/mol. The quantitative estimate of drug-likeness (QED) is 0.821. The third kappa shape index (κ3) is 1.96. The summed E-state index contributed by atoms with van der Waals surface area (Å²) in [6.45, 7) is 10.3. The average Bonchev–Trinajstić information content (AvgIpc) is 2.72. The van der Waals surface area contributed by atoms with Crippen LogP contribution in [0, 0.1) is 12.3 Å². The van der Waals surface area contributed by atoms with Crippen molar-refractivity contribution < 1.29 is 0 Å². The van der Waals surface area contributed by atoms with Gasteiger partial charge in [-0.15, -0.1) is 11.3 Å². The van der Waals surface area contributed by atoms with Crippen LogP contribution < -0.4 is 5.32 Å². The Morgan fingerprint density at radius 1 is 1.35 bits per heavy atom. The van der Waals surface area contributed by atoms with Crippen molar-refractivity contribution in [3.63, 3.8) is 0 Å². The predicted octanol–water partition coefficient (Wildman–Crippen LogP) is 4.33. The summed E-state index contributed by atoms with van der Waals surface area (Å²) in [7, 11) is 0. The molecule has 2 rings (SSSR count). The molecule has 17 heavy (non-hydrogen) atoms. The van der Waals surface area contributed by atoms with Gasteiger partial charge in [0.25, 0.3) is 0 Å². The molecule has 1 fully saturated rings. The summed E-state index contributed by atoms with van der Waals surface area (Å²) in [5.41, 5.74) is 2.01. The summed E-state index contributed by atoms with van der Waals surface area (Å²) < 4.78 is 0. The van der Waals surface area contributed by atoms with Crippen LogP contribution >= 0.6 is 11.3 Å². The van der Waals surface area contributed by atoms with Gasteiger partial charge in [0.1, 0.15) is 0 Å². The highest BCUT2D eigenvalue weighted by molar-refractivity contribution is 7.10. The first-order valence-corrected chi connectivity index (χ1v) is 7.84. The summed E-state index contributed by atoms with van der Waals surface area (Å²) >= 11 is 1.96. The van der Waals surface area contributed by atoms with E-state index < -0.39 is 0 Å². The van der Waals surface area contributed by atoms with Crippen molar-refractivity contribution in [3.8, 4) is 0 Å². The fourth-order valence-electron chi connectivity index (χ4n) is 3.67. The van der Waals surface area contributed by atoms with Gasteiger partial charge >= 0.3 is 0 Å². The van der Waals surface area contributed by atoms with Gasteiger partial charge in [0.2, 0.25) is 0 Å². The van der Waals surface area contributed by atoms with E-state index in [4.69, 9.17) is 0 Å². The minimum absolute atomic E-state index is 0.506. The highest BCUT2D eigenvalue weighted by Crippen LogP contribution is 2.58. The van der Waals surface area contributed by atoms with Crippen molar-refractivity contribution in [1.29, 1.82) is 0 Å². The number of hydrogen-bond acceptors (Lipinski definition) is 2. The Bertz CT molecular complexity index is 365. The van der Waals surface area contributed by atoms with Crippen molar-refractivity contribution in [2.24, 2.45) is 5.41 Å². The Labute approximate surface area is 110 Å². The van der Waals surface area contributed by atoms with Crippen molar-refractivity contribution in [2.75, 3.05) is 6.54 Å². The van der Waals surface area contributed by atoms with Gasteiger partial charge in [0, 0.05) is 16.8 Å². The number of rotatable bonds is 5. The van der Waals surface area contributed by atoms with Crippen LogP contribution in [0.2, 0.25) is 0 Å². The van der Waals surface area contributed by atoms with E-state index in [-0.39, 0.29) is 0 Å². The minimum atomic E-state index is 0.506. The van der Waals surface area contributed by atoms with E-state index >= 15 is 0 Å². The van der Waals surface area contributed by atoms with Crippen LogP contribution in [0.25, 0.3) is 0 Å². The molecule has 1 aromatic rings. The predicted molar refractivity (Wildman–Crippen MR) is 76.9 cm³/mol. The first kappa shape index (κ1) is 13.1. The maximum absolute atomic E-state index is 3.69. The van der Waals surface area contributed by atoms with E-state index in [1.165, 1.54) is 24.8 Å². The molecule has 1 N–H and O–H groups in total. The molecule has 0 radical (unpaired) electrons. The fourth-order valence-corrected chi connectivity index (χ4v) is 4.83. The molecule has 0 aliphatic heterocycles. The van der Waals surface area contributed by atoms with Crippen LogP contribution in [0.4, 0.5) is 0 Å². The van der Waals surface area contributed by atoms with Gasteiger partial charge in [0.15, 0.2) is 0 Å². The molecule has 0 aromatic carbocycles. The second kappa shape index (κ2) is 5.11. The van der Waals surface area contributed by atoms with Crippen molar-refractivity contribution in [3.05, 3.63) is 21.9 Å². The van der Waals surface area contributed by atoms with Gasteiger partial charge < -0.3 is 5.32 Å². The molecule has 1 nitrogen and oxygen atoms in total. The molecular weight excluding hydrogens is 226 g/mol. The van der Waals surface area contributed by atoms with Crippen LogP contribution in [-0.2, 0) is 0 Å². The zero-order valence-corrected chi connectivity index (χ0v) is 12.4. The number of nitrogens with one attached hydrogen (secondary N) is 1. The van der Waals surface area contributed by atoms with Crippen LogP contribution in [0.3, 0.4) is 0 Å². The standard InChI is InChI=1S/C15H25NS/c1-5-15(6-2)12(10-13(15)16-7-3)14-11(4)8-9-17-14/h8-9,12-13,16H,5-7,10H2,1-4H3. The van der Waals surface area contributed by atoms with Crippen LogP contribution in [0.1, 0.15) is 56.4 Å². The molecule has 2 unspecified atom stereocenters. The molecule has 1 aliphatic carbocycles. The highest BCUT2D eigenvalue weighted by atomic mass is 32.1. The highest BCUT2D eigenvalue weighted by Gasteiger charge is 2.53. The Balaban J connectivity index is 2.23. The molecule has 0 spiro atoms. The number of thiophene rings is 1.